The summed E-state index contributed by atoms with van der Waals surface area (Å²) in [6.07, 6.45) is 5.08. The van der Waals surface area contributed by atoms with E-state index in [0.29, 0.717) is 13.1 Å². The Labute approximate surface area is 178 Å². The summed E-state index contributed by atoms with van der Waals surface area (Å²) in [5.41, 5.74) is 3.44. The molecule has 1 unspecified atom stereocenters. The molecule has 0 saturated carbocycles. The number of benzene rings is 1. The molecule has 160 valence electrons. The average Bonchev–Trinajstić information content (AvgIpc) is 3.43. The third kappa shape index (κ3) is 4.75. The molecule has 0 radical (unpaired) electrons. The lowest BCUT2D eigenvalue weighted by Gasteiger charge is -2.37. The zero-order chi connectivity index (χ0) is 20.9. The van der Waals surface area contributed by atoms with Crippen LogP contribution in [0.4, 0.5) is 0 Å². The lowest BCUT2D eigenvalue weighted by molar-refractivity contribution is -0.136. The third-order valence-electron chi connectivity index (χ3n) is 6.23. The summed E-state index contributed by atoms with van der Waals surface area (Å²) in [5.74, 6) is 0.0127. The van der Waals surface area contributed by atoms with E-state index in [1.165, 1.54) is 18.4 Å². The number of fused-ring (bicyclic) bond motifs is 1. The van der Waals surface area contributed by atoms with E-state index in [1.54, 1.807) is 0 Å². The highest BCUT2D eigenvalue weighted by Crippen LogP contribution is 2.33. The second-order valence-corrected chi connectivity index (χ2v) is 8.43. The SMILES string of the molecule is Cc1cccc(C2c3cccn3CCN2C(=O)CCC(=O)NCCN2CCCC2)c1. The first-order valence-electron chi connectivity index (χ1n) is 11.1. The molecule has 1 atom stereocenters. The molecule has 2 aliphatic rings. The average molecular weight is 409 g/mol. The molecule has 4 rings (SSSR count). The van der Waals surface area contributed by atoms with Gasteiger partial charge in [-0.2, -0.15) is 0 Å². The van der Waals surface area contributed by atoms with Crippen molar-refractivity contribution < 1.29 is 9.59 Å². The van der Waals surface area contributed by atoms with Crippen LogP contribution >= 0.6 is 0 Å². The van der Waals surface area contributed by atoms with Crippen molar-refractivity contribution in [3.63, 3.8) is 0 Å². The van der Waals surface area contributed by atoms with Crippen LogP contribution in [0, 0.1) is 6.92 Å². The fourth-order valence-corrected chi connectivity index (χ4v) is 4.66. The number of nitrogens with zero attached hydrogens (tertiary/aromatic N) is 3. The van der Waals surface area contributed by atoms with Gasteiger partial charge >= 0.3 is 0 Å². The minimum absolute atomic E-state index is 0.0324. The molecule has 2 aromatic rings. The maximum Gasteiger partial charge on any atom is 0.223 e. The smallest absolute Gasteiger partial charge is 0.223 e. The van der Waals surface area contributed by atoms with Crippen molar-refractivity contribution in [2.24, 2.45) is 0 Å². The van der Waals surface area contributed by atoms with Crippen molar-refractivity contribution in [3.05, 3.63) is 59.4 Å². The second-order valence-electron chi connectivity index (χ2n) is 8.43. The summed E-state index contributed by atoms with van der Waals surface area (Å²) in [7, 11) is 0. The number of amides is 2. The Kier molecular flexibility index (Phi) is 6.53. The van der Waals surface area contributed by atoms with Gasteiger partial charge in [-0.3, -0.25) is 9.59 Å². The summed E-state index contributed by atoms with van der Waals surface area (Å²) in [5, 5.41) is 2.97. The van der Waals surface area contributed by atoms with E-state index in [2.05, 4.69) is 52.2 Å². The Balaban J connectivity index is 1.36. The minimum atomic E-state index is -0.0978. The Morgan fingerprint density at radius 1 is 1.03 bits per heavy atom. The Hall–Kier alpha value is -2.60. The molecule has 30 heavy (non-hydrogen) atoms. The number of likely N-dealkylation sites (tertiary alicyclic amines) is 1. The molecule has 2 aliphatic heterocycles. The summed E-state index contributed by atoms with van der Waals surface area (Å²) in [6.45, 7) is 7.35. The van der Waals surface area contributed by atoms with Gasteiger partial charge in [-0.25, -0.2) is 0 Å². The lowest BCUT2D eigenvalue weighted by atomic mass is 9.98. The molecule has 2 amide bonds. The van der Waals surface area contributed by atoms with E-state index >= 15 is 0 Å². The first-order chi connectivity index (χ1) is 14.6. The normalized spacial score (nSPS) is 19.0. The molecule has 3 heterocycles. The van der Waals surface area contributed by atoms with Crippen LogP contribution in [-0.4, -0.2) is 58.9 Å². The maximum absolute atomic E-state index is 13.1. The lowest BCUT2D eigenvalue weighted by Crippen LogP contribution is -2.42. The van der Waals surface area contributed by atoms with Crippen LogP contribution in [0.5, 0.6) is 0 Å². The molecule has 1 fully saturated rings. The van der Waals surface area contributed by atoms with Crippen LogP contribution in [0.25, 0.3) is 0 Å². The van der Waals surface area contributed by atoms with Crippen molar-refractivity contribution in [2.45, 2.75) is 45.2 Å². The summed E-state index contributed by atoms with van der Waals surface area (Å²) in [4.78, 5) is 29.7. The van der Waals surface area contributed by atoms with Crippen molar-refractivity contribution in [1.29, 1.82) is 0 Å². The number of aryl methyl sites for hydroxylation is 1. The van der Waals surface area contributed by atoms with Gasteiger partial charge < -0.3 is 19.7 Å². The van der Waals surface area contributed by atoms with E-state index in [-0.39, 0.29) is 30.7 Å². The van der Waals surface area contributed by atoms with Crippen LogP contribution in [0.15, 0.2) is 42.6 Å². The number of rotatable bonds is 7. The third-order valence-corrected chi connectivity index (χ3v) is 6.23. The van der Waals surface area contributed by atoms with Crippen LogP contribution in [0.2, 0.25) is 0 Å². The van der Waals surface area contributed by atoms with E-state index in [1.807, 2.05) is 17.0 Å². The Morgan fingerprint density at radius 2 is 1.87 bits per heavy atom. The van der Waals surface area contributed by atoms with E-state index in [9.17, 15) is 9.59 Å². The van der Waals surface area contributed by atoms with Crippen LogP contribution in [-0.2, 0) is 16.1 Å². The van der Waals surface area contributed by atoms with Gasteiger partial charge in [-0.15, -0.1) is 0 Å². The van der Waals surface area contributed by atoms with Gasteiger partial charge in [0.15, 0.2) is 0 Å². The maximum atomic E-state index is 13.1. The quantitative estimate of drug-likeness (QED) is 0.766. The Bertz CT molecular complexity index is 885. The van der Waals surface area contributed by atoms with Crippen molar-refractivity contribution in [2.75, 3.05) is 32.7 Å². The van der Waals surface area contributed by atoms with Crippen molar-refractivity contribution in [1.82, 2.24) is 19.7 Å². The molecule has 1 saturated heterocycles. The summed E-state index contributed by atoms with van der Waals surface area (Å²) < 4.78 is 2.22. The number of aromatic nitrogens is 1. The molecule has 1 aromatic carbocycles. The van der Waals surface area contributed by atoms with E-state index in [4.69, 9.17) is 0 Å². The highest BCUT2D eigenvalue weighted by molar-refractivity contribution is 5.84. The summed E-state index contributed by atoms with van der Waals surface area (Å²) in [6, 6.07) is 12.4. The largest absolute Gasteiger partial charge is 0.355 e. The first kappa shape index (κ1) is 20.7. The zero-order valence-electron chi connectivity index (χ0n) is 17.8. The zero-order valence-corrected chi connectivity index (χ0v) is 17.8. The predicted molar refractivity (Wildman–Crippen MR) is 117 cm³/mol. The van der Waals surface area contributed by atoms with Crippen LogP contribution < -0.4 is 5.32 Å². The van der Waals surface area contributed by atoms with Gasteiger partial charge in [0, 0.05) is 50.9 Å². The molecule has 1 aromatic heterocycles. The molecule has 6 nitrogen and oxygen atoms in total. The fraction of sp³-hybridized carbons (Fsp3) is 0.500. The molecular formula is C24H32N4O2. The van der Waals surface area contributed by atoms with Crippen LogP contribution in [0.3, 0.4) is 0 Å². The topological polar surface area (TPSA) is 57.6 Å². The van der Waals surface area contributed by atoms with Crippen LogP contribution in [0.1, 0.15) is 48.5 Å². The number of hydrogen-bond donors (Lipinski definition) is 1. The number of hydrogen-bond acceptors (Lipinski definition) is 3. The van der Waals surface area contributed by atoms with E-state index < -0.39 is 0 Å². The standard InChI is InChI=1S/C24H32N4O2/c1-19-6-4-7-20(18-19)24-21-8-5-14-27(21)16-17-28(24)23(30)10-9-22(29)25-11-15-26-12-2-3-13-26/h4-8,14,18,24H,2-3,9-13,15-17H2,1H3,(H,25,29). The number of carbonyl (C=O) groups excluding carboxylic acids is 2. The molecule has 0 spiro atoms. The second kappa shape index (κ2) is 9.47. The highest BCUT2D eigenvalue weighted by Gasteiger charge is 2.32. The Morgan fingerprint density at radius 3 is 2.67 bits per heavy atom. The van der Waals surface area contributed by atoms with Gasteiger partial charge in [0.1, 0.15) is 0 Å². The molecule has 1 N–H and O–H groups in total. The van der Waals surface area contributed by atoms with Gasteiger partial charge in [0.25, 0.3) is 0 Å². The highest BCUT2D eigenvalue weighted by atomic mass is 16.2. The van der Waals surface area contributed by atoms with Gasteiger partial charge in [0.05, 0.1) is 6.04 Å². The molecule has 0 aliphatic carbocycles. The first-order valence-corrected chi connectivity index (χ1v) is 11.1. The van der Waals surface area contributed by atoms with Gasteiger partial charge in [-0.05, 0) is 50.6 Å². The molecule has 6 heteroatoms. The van der Waals surface area contributed by atoms with Gasteiger partial charge in [-0.1, -0.05) is 29.8 Å². The predicted octanol–water partition coefficient (Wildman–Crippen LogP) is 2.72. The van der Waals surface area contributed by atoms with E-state index in [0.717, 1.165) is 37.4 Å². The minimum Gasteiger partial charge on any atom is -0.355 e. The monoisotopic (exact) mass is 408 g/mol. The molecule has 0 bridgehead atoms. The van der Waals surface area contributed by atoms with Crippen molar-refractivity contribution >= 4 is 11.8 Å². The summed E-state index contributed by atoms with van der Waals surface area (Å²) >= 11 is 0. The van der Waals surface area contributed by atoms with Gasteiger partial charge in [0.2, 0.25) is 11.8 Å². The number of nitrogens with one attached hydrogen (secondary N) is 1. The van der Waals surface area contributed by atoms with Crippen molar-refractivity contribution in [3.8, 4) is 0 Å². The fourth-order valence-electron chi connectivity index (χ4n) is 4.66. The number of carbonyl (C=O) groups is 2. The molecular weight excluding hydrogens is 376 g/mol.